The molecule has 1 aliphatic carbocycles. The number of rotatable bonds is 4. The molecule has 6 heteroatoms. The van der Waals surface area contributed by atoms with Crippen molar-refractivity contribution >= 4 is 5.91 Å². The van der Waals surface area contributed by atoms with E-state index in [-0.39, 0.29) is 12.0 Å². The molecule has 3 aliphatic rings. The third kappa shape index (κ3) is 4.72. The van der Waals surface area contributed by atoms with E-state index in [1.54, 1.807) is 4.90 Å². The van der Waals surface area contributed by atoms with Crippen molar-refractivity contribution in [3.8, 4) is 0 Å². The minimum absolute atomic E-state index is 0.0875. The molecule has 3 heterocycles. The average Bonchev–Trinajstić information content (AvgIpc) is 3.19. The van der Waals surface area contributed by atoms with Crippen LogP contribution in [0.3, 0.4) is 0 Å². The second-order valence-corrected chi connectivity index (χ2v) is 8.74. The Balaban J connectivity index is 1.33. The largest absolute Gasteiger partial charge is 0.393 e. The fourth-order valence-corrected chi connectivity index (χ4v) is 5.00. The van der Waals surface area contributed by atoms with E-state index in [9.17, 15) is 9.90 Å². The zero-order valence-electron chi connectivity index (χ0n) is 16.3. The van der Waals surface area contributed by atoms with Gasteiger partial charge in [-0.1, -0.05) is 24.4 Å². The smallest absolute Gasteiger partial charge is 0.292 e. The lowest BCUT2D eigenvalue weighted by molar-refractivity contribution is 0.0512. The molecule has 0 bridgehead atoms. The molecule has 1 aromatic rings. The second-order valence-electron chi connectivity index (χ2n) is 8.74. The topological polar surface area (TPSA) is 69.8 Å². The number of carbonyl (C=O) groups excluding carboxylic acids is 1. The number of carbonyl (C=O) groups is 1. The maximum absolute atomic E-state index is 12.6. The Morgan fingerprint density at radius 2 is 1.85 bits per heavy atom. The third-order valence-electron chi connectivity index (χ3n) is 6.66. The van der Waals surface area contributed by atoms with Crippen LogP contribution in [0.25, 0.3) is 0 Å². The summed E-state index contributed by atoms with van der Waals surface area (Å²) >= 11 is 0. The highest BCUT2D eigenvalue weighted by molar-refractivity contribution is 5.91. The van der Waals surface area contributed by atoms with E-state index < -0.39 is 0 Å². The van der Waals surface area contributed by atoms with Gasteiger partial charge >= 0.3 is 0 Å². The molecule has 27 heavy (non-hydrogen) atoms. The molecule has 150 valence electrons. The van der Waals surface area contributed by atoms with Gasteiger partial charge in [0.15, 0.2) is 0 Å². The molecular formula is C21H33N3O3. The SMILES string of the molecule is O=C(c1cc([C@H]2CCCN(CC3CCCCC3)C2)no1)N1CCC(O)CC1. The van der Waals surface area contributed by atoms with Crippen molar-refractivity contribution < 1.29 is 14.4 Å². The van der Waals surface area contributed by atoms with Crippen molar-refractivity contribution in [2.75, 3.05) is 32.7 Å². The van der Waals surface area contributed by atoms with E-state index in [1.165, 1.54) is 51.6 Å². The van der Waals surface area contributed by atoms with Gasteiger partial charge in [0.1, 0.15) is 0 Å². The van der Waals surface area contributed by atoms with Crippen molar-refractivity contribution in [1.82, 2.24) is 15.0 Å². The Kier molecular flexibility index (Phi) is 6.13. The van der Waals surface area contributed by atoms with Crippen LogP contribution in [0.5, 0.6) is 0 Å². The van der Waals surface area contributed by atoms with Crippen molar-refractivity contribution in [2.45, 2.75) is 69.8 Å². The molecule has 6 nitrogen and oxygen atoms in total. The van der Waals surface area contributed by atoms with Crippen molar-refractivity contribution in [3.05, 3.63) is 17.5 Å². The molecule has 2 saturated heterocycles. The summed E-state index contributed by atoms with van der Waals surface area (Å²) in [6.45, 7) is 4.62. The fourth-order valence-electron chi connectivity index (χ4n) is 5.00. The normalized spacial score (nSPS) is 26.4. The number of amides is 1. The summed E-state index contributed by atoms with van der Waals surface area (Å²) in [5.41, 5.74) is 0.934. The highest BCUT2D eigenvalue weighted by Crippen LogP contribution is 2.30. The molecule has 0 aromatic carbocycles. The van der Waals surface area contributed by atoms with Crippen molar-refractivity contribution in [2.24, 2.45) is 5.92 Å². The van der Waals surface area contributed by atoms with Gasteiger partial charge in [0.05, 0.1) is 11.8 Å². The van der Waals surface area contributed by atoms with Gasteiger partial charge in [-0.2, -0.15) is 0 Å². The van der Waals surface area contributed by atoms with Gasteiger partial charge < -0.3 is 19.4 Å². The standard InChI is InChI=1S/C21H33N3O3/c25-18-8-11-24(12-9-18)21(26)20-13-19(22-27-20)17-7-4-10-23(15-17)14-16-5-2-1-3-6-16/h13,16-18,25H,1-12,14-15H2/t17-/m0/s1. The molecule has 0 spiro atoms. The molecule has 1 saturated carbocycles. The molecule has 3 fully saturated rings. The quantitative estimate of drug-likeness (QED) is 0.876. The molecule has 1 aromatic heterocycles. The lowest BCUT2D eigenvalue weighted by Crippen LogP contribution is -2.40. The lowest BCUT2D eigenvalue weighted by Gasteiger charge is -2.35. The van der Waals surface area contributed by atoms with Gasteiger partial charge in [-0.05, 0) is 51.0 Å². The predicted molar refractivity (Wildman–Crippen MR) is 103 cm³/mol. The zero-order valence-corrected chi connectivity index (χ0v) is 16.3. The van der Waals surface area contributed by atoms with E-state index in [2.05, 4.69) is 10.1 Å². The Hall–Kier alpha value is -1.40. The summed E-state index contributed by atoms with van der Waals surface area (Å²) in [6, 6.07) is 1.86. The van der Waals surface area contributed by atoms with Crippen molar-refractivity contribution in [3.63, 3.8) is 0 Å². The van der Waals surface area contributed by atoms with Crippen LogP contribution in [0.1, 0.15) is 80.0 Å². The molecule has 1 amide bonds. The van der Waals surface area contributed by atoms with Gasteiger partial charge in [0.2, 0.25) is 5.76 Å². The molecule has 4 rings (SSSR count). The van der Waals surface area contributed by atoms with E-state index in [0.717, 1.165) is 24.6 Å². The minimum atomic E-state index is -0.281. The Labute approximate surface area is 161 Å². The maximum atomic E-state index is 12.6. The van der Waals surface area contributed by atoms with E-state index in [0.29, 0.717) is 37.6 Å². The lowest BCUT2D eigenvalue weighted by atomic mass is 9.87. The first-order valence-corrected chi connectivity index (χ1v) is 10.9. The van der Waals surface area contributed by atoms with Gasteiger partial charge in [0.25, 0.3) is 5.91 Å². The molecule has 0 unspecified atom stereocenters. The first-order chi connectivity index (χ1) is 13.2. The van der Waals surface area contributed by atoms with Crippen LogP contribution in [0, 0.1) is 5.92 Å². The zero-order chi connectivity index (χ0) is 18.6. The highest BCUT2D eigenvalue weighted by Gasteiger charge is 2.29. The summed E-state index contributed by atoms with van der Waals surface area (Å²) in [5, 5.41) is 13.9. The number of aliphatic hydroxyl groups excluding tert-OH is 1. The Bertz CT molecular complexity index is 618. The fraction of sp³-hybridized carbons (Fsp3) is 0.810. The summed E-state index contributed by atoms with van der Waals surface area (Å²) in [4.78, 5) is 17.0. The summed E-state index contributed by atoms with van der Waals surface area (Å²) < 4.78 is 5.42. The van der Waals surface area contributed by atoms with Gasteiger partial charge in [-0.3, -0.25) is 4.79 Å². The molecule has 2 aliphatic heterocycles. The first-order valence-electron chi connectivity index (χ1n) is 10.9. The summed E-state index contributed by atoms with van der Waals surface area (Å²) in [5.74, 6) is 1.50. The molecule has 1 atom stereocenters. The van der Waals surface area contributed by atoms with E-state index >= 15 is 0 Å². The summed E-state index contributed by atoms with van der Waals surface area (Å²) in [7, 11) is 0. The number of likely N-dealkylation sites (tertiary alicyclic amines) is 2. The second kappa shape index (κ2) is 8.74. The highest BCUT2D eigenvalue weighted by atomic mass is 16.5. The Morgan fingerprint density at radius 3 is 2.63 bits per heavy atom. The van der Waals surface area contributed by atoms with Crippen LogP contribution in [0.2, 0.25) is 0 Å². The minimum Gasteiger partial charge on any atom is -0.393 e. The monoisotopic (exact) mass is 375 g/mol. The van der Waals surface area contributed by atoms with Gasteiger partial charge in [0, 0.05) is 38.2 Å². The number of aromatic nitrogens is 1. The number of piperidine rings is 2. The molecule has 1 N–H and O–H groups in total. The predicted octanol–water partition coefficient (Wildman–Crippen LogP) is 3.03. The Morgan fingerprint density at radius 1 is 1.07 bits per heavy atom. The van der Waals surface area contributed by atoms with Crippen LogP contribution in [-0.4, -0.2) is 64.8 Å². The third-order valence-corrected chi connectivity index (χ3v) is 6.66. The maximum Gasteiger partial charge on any atom is 0.292 e. The van der Waals surface area contributed by atoms with Crippen LogP contribution in [-0.2, 0) is 0 Å². The molecule has 0 radical (unpaired) electrons. The first kappa shape index (κ1) is 18.9. The average molecular weight is 376 g/mol. The van der Waals surface area contributed by atoms with Crippen LogP contribution in [0.15, 0.2) is 10.6 Å². The van der Waals surface area contributed by atoms with Gasteiger partial charge in [-0.25, -0.2) is 0 Å². The number of hydrogen-bond donors (Lipinski definition) is 1. The number of aliphatic hydroxyl groups is 1. The number of nitrogens with zero attached hydrogens (tertiary/aromatic N) is 3. The van der Waals surface area contributed by atoms with Crippen LogP contribution < -0.4 is 0 Å². The summed E-state index contributed by atoms with van der Waals surface area (Å²) in [6.07, 6.45) is 10.3. The van der Waals surface area contributed by atoms with Crippen LogP contribution in [0.4, 0.5) is 0 Å². The number of hydrogen-bond acceptors (Lipinski definition) is 5. The van der Waals surface area contributed by atoms with Crippen LogP contribution >= 0.6 is 0 Å². The van der Waals surface area contributed by atoms with E-state index in [4.69, 9.17) is 4.52 Å². The van der Waals surface area contributed by atoms with E-state index in [1.807, 2.05) is 6.07 Å². The molecular weight excluding hydrogens is 342 g/mol. The van der Waals surface area contributed by atoms with Crippen molar-refractivity contribution in [1.29, 1.82) is 0 Å². The van der Waals surface area contributed by atoms with Gasteiger partial charge in [-0.15, -0.1) is 0 Å².